The first-order valence-electron chi connectivity index (χ1n) is 5.73. The third-order valence-corrected chi connectivity index (χ3v) is 3.46. The van der Waals surface area contributed by atoms with Crippen LogP contribution in [0, 0.1) is 6.92 Å². The first-order chi connectivity index (χ1) is 9.51. The van der Waals surface area contributed by atoms with E-state index in [0.717, 1.165) is 10.2 Å². The lowest BCUT2D eigenvalue weighted by Crippen LogP contribution is -1.99. The molecule has 0 spiro atoms. The zero-order chi connectivity index (χ0) is 14.7. The van der Waals surface area contributed by atoms with Crippen LogP contribution < -0.4 is 9.47 Å². The number of hydrogen-bond acceptors (Lipinski definition) is 4. The lowest BCUT2D eigenvalue weighted by Gasteiger charge is -2.11. The average molecular weight is 338 g/mol. The zero-order valence-electron chi connectivity index (χ0n) is 10.9. The quantitative estimate of drug-likeness (QED) is 0.922. The van der Waals surface area contributed by atoms with Gasteiger partial charge in [0.05, 0.1) is 18.4 Å². The molecule has 0 amide bonds. The number of benzene rings is 1. The highest BCUT2D eigenvalue weighted by molar-refractivity contribution is 9.10. The van der Waals surface area contributed by atoms with E-state index in [1.807, 2.05) is 13.0 Å². The van der Waals surface area contributed by atoms with E-state index in [-0.39, 0.29) is 5.56 Å². The van der Waals surface area contributed by atoms with Crippen molar-refractivity contribution >= 4 is 21.9 Å². The summed E-state index contributed by atoms with van der Waals surface area (Å²) in [6.07, 6.45) is 0. The Morgan fingerprint density at radius 3 is 2.60 bits per heavy atom. The van der Waals surface area contributed by atoms with E-state index in [2.05, 4.69) is 20.9 Å². The maximum Gasteiger partial charge on any atom is 0.335 e. The van der Waals surface area contributed by atoms with Gasteiger partial charge in [0.1, 0.15) is 0 Å². The molecule has 0 aliphatic heterocycles. The fourth-order valence-corrected chi connectivity index (χ4v) is 1.80. The van der Waals surface area contributed by atoms with E-state index in [9.17, 15) is 4.79 Å². The molecule has 0 atom stereocenters. The van der Waals surface area contributed by atoms with Gasteiger partial charge in [0.15, 0.2) is 11.5 Å². The van der Waals surface area contributed by atoms with Crippen molar-refractivity contribution in [3.8, 4) is 17.4 Å². The fraction of sp³-hybridized carbons (Fsp3) is 0.143. The van der Waals surface area contributed by atoms with Crippen LogP contribution >= 0.6 is 15.9 Å². The van der Waals surface area contributed by atoms with E-state index in [1.165, 1.54) is 19.2 Å². The second-order valence-corrected chi connectivity index (χ2v) is 4.84. The molecule has 0 unspecified atom stereocenters. The first-order valence-corrected chi connectivity index (χ1v) is 6.53. The van der Waals surface area contributed by atoms with Crippen LogP contribution in [0.15, 0.2) is 34.8 Å². The van der Waals surface area contributed by atoms with Gasteiger partial charge in [-0.25, -0.2) is 9.78 Å². The maximum absolute atomic E-state index is 11.0. The molecule has 1 aromatic carbocycles. The molecule has 5 nitrogen and oxygen atoms in total. The van der Waals surface area contributed by atoms with Gasteiger partial charge in [-0.15, -0.1) is 0 Å². The van der Waals surface area contributed by atoms with Gasteiger partial charge in [0, 0.05) is 10.5 Å². The molecule has 1 N–H and O–H groups in total. The van der Waals surface area contributed by atoms with Crippen molar-refractivity contribution in [3.05, 3.63) is 46.1 Å². The summed E-state index contributed by atoms with van der Waals surface area (Å²) in [5.74, 6) is 0.0861. The molecule has 1 heterocycles. The molecule has 0 fully saturated rings. The Labute approximate surface area is 124 Å². The number of pyridine rings is 1. The number of carboxylic acid groups (broad SMARTS) is 1. The summed E-state index contributed by atoms with van der Waals surface area (Å²) in [6, 6.07) is 7.90. The molecular formula is C14H12BrNO4. The Bertz CT molecular complexity index is 658. The minimum atomic E-state index is -1.03. The van der Waals surface area contributed by atoms with Crippen LogP contribution in [-0.2, 0) is 0 Å². The second-order valence-electron chi connectivity index (χ2n) is 3.99. The summed E-state index contributed by atoms with van der Waals surface area (Å²) in [5.41, 5.74) is 0.894. The number of aromatic nitrogens is 1. The number of nitrogens with zero attached hydrogens (tertiary/aromatic N) is 1. The molecule has 20 heavy (non-hydrogen) atoms. The zero-order valence-corrected chi connectivity index (χ0v) is 12.5. The summed E-state index contributed by atoms with van der Waals surface area (Å²) in [7, 11) is 1.49. The molecule has 0 radical (unpaired) electrons. The largest absolute Gasteiger partial charge is 0.493 e. The van der Waals surface area contributed by atoms with Crippen LogP contribution in [-0.4, -0.2) is 23.2 Å². The standard InChI is InChI=1S/C14H12BrNO4/c1-8-10(15)4-6-13(16-8)20-12-7-9(14(17)18)3-5-11(12)19-2/h3-7H,1-2H3,(H,17,18). The first kappa shape index (κ1) is 14.3. The van der Waals surface area contributed by atoms with E-state index in [1.54, 1.807) is 12.1 Å². The van der Waals surface area contributed by atoms with Crippen molar-refractivity contribution in [3.63, 3.8) is 0 Å². The highest BCUT2D eigenvalue weighted by Crippen LogP contribution is 2.32. The molecule has 0 saturated carbocycles. The number of halogens is 1. The molecular weight excluding hydrogens is 326 g/mol. The monoisotopic (exact) mass is 337 g/mol. The second kappa shape index (κ2) is 5.92. The molecule has 6 heteroatoms. The Morgan fingerprint density at radius 1 is 1.25 bits per heavy atom. The van der Waals surface area contributed by atoms with Crippen LogP contribution in [0.25, 0.3) is 0 Å². The number of ether oxygens (including phenoxy) is 2. The van der Waals surface area contributed by atoms with Crippen molar-refractivity contribution in [2.24, 2.45) is 0 Å². The number of aromatic carboxylic acids is 1. The Balaban J connectivity index is 2.37. The molecule has 0 aliphatic carbocycles. The van der Waals surface area contributed by atoms with Crippen LogP contribution in [0.4, 0.5) is 0 Å². The van der Waals surface area contributed by atoms with Gasteiger partial charge in [-0.1, -0.05) is 0 Å². The molecule has 0 bridgehead atoms. The van der Waals surface area contributed by atoms with Gasteiger partial charge in [-0.3, -0.25) is 0 Å². The molecule has 2 rings (SSSR count). The topological polar surface area (TPSA) is 68.7 Å². The molecule has 0 aliphatic rings. The lowest BCUT2D eigenvalue weighted by atomic mass is 10.2. The van der Waals surface area contributed by atoms with Gasteiger partial charge >= 0.3 is 5.97 Å². The predicted molar refractivity (Wildman–Crippen MR) is 76.7 cm³/mol. The van der Waals surface area contributed by atoms with Crippen LogP contribution in [0.1, 0.15) is 16.1 Å². The SMILES string of the molecule is COc1ccc(C(=O)O)cc1Oc1ccc(Br)c(C)n1. The van der Waals surface area contributed by atoms with Gasteiger partial charge in [-0.05, 0) is 47.1 Å². The number of carbonyl (C=O) groups is 1. The Kier molecular flexibility index (Phi) is 4.24. The van der Waals surface area contributed by atoms with Crippen LogP contribution in [0.3, 0.4) is 0 Å². The number of rotatable bonds is 4. The third-order valence-electron chi connectivity index (χ3n) is 2.62. The summed E-state index contributed by atoms with van der Waals surface area (Å²) in [4.78, 5) is 15.2. The minimum Gasteiger partial charge on any atom is -0.493 e. The van der Waals surface area contributed by atoms with Gasteiger partial charge in [0.2, 0.25) is 5.88 Å². The van der Waals surface area contributed by atoms with E-state index in [0.29, 0.717) is 17.4 Å². The Hall–Kier alpha value is -2.08. The third kappa shape index (κ3) is 3.08. The van der Waals surface area contributed by atoms with Gasteiger partial charge in [-0.2, -0.15) is 0 Å². The average Bonchev–Trinajstić information content (AvgIpc) is 2.42. The number of carboxylic acids is 1. The van der Waals surface area contributed by atoms with Crippen molar-refractivity contribution < 1.29 is 19.4 Å². The molecule has 104 valence electrons. The summed E-state index contributed by atoms with van der Waals surface area (Å²) >= 11 is 3.35. The van der Waals surface area contributed by atoms with Crippen molar-refractivity contribution in [2.45, 2.75) is 6.92 Å². The maximum atomic E-state index is 11.0. The van der Waals surface area contributed by atoms with Gasteiger partial charge in [0.25, 0.3) is 0 Å². The molecule has 0 saturated heterocycles. The predicted octanol–water partition coefficient (Wildman–Crippen LogP) is 3.65. The lowest BCUT2D eigenvalue weighted by molar-refractivity contribution is 0.0696. The minimum absolute atomic E-state index is 0.120. The number of hydrogen-bond donors (Lipinski definition) is 1. The van der Waals surface area contributed by atoms with Crippen molar-refractivity contribution in [2.75, 3.05) is 7.11 Å². The Morgan fingerprint density at radius 2 is 2.00 bits per heavy atom. The van der Waals surface area contributed by atoms with Gasteiger partial charge < -0.3 is 14.6 Å². The van der Waals surface area contributed by atoms with E-state index in [4.69, 9.17) is 14.6 Å². The summed E-state index contributed by atoms with van der Waals surface area (Å²) in [6.45, 7) is 1.84. The fourth-order valence-electron chi connectivity index (χ4n) is 1.58. The number of methoxy groups -OCH3 is 1. The molecule has 1 aromatic heterocycles. The summed E-state index contributed by atoms with van der Waals surface area (Å²) < 4.78 is 11.6. The molecule has 2 aromatic rings. The van der Waals surface area contributed by atoms with Crippen LogP contribution in [0.2, 0.25) is 0 Å². The van der Waals surface area contributed by atoms with Crippen molar-refractivity contribution in [1.29, 1.82) is 0 Å². The highest BCUT2D eigenvalue weighted by atomic mass is 79.9. The van der Waals surface area contributed by atoms with Crippen molar-refractivity contribution in [1.82, 2.24) is 4.98 Å². The van der Waals surface area contributed by atoms with E-state index < -0.39 is 5.97 Å². The number of aryl methyl sites for hydroxylation is 1. The normalized spacial score (nSPS) is 10.2. The van der Waals surface area contributed by atoms with Crippen LogP contribution in [0.5, 0.6) is 17.4 Å². The van der Waals surface area contributed by atoms with E-state index >= 15 is 0 Å². The smallest absolute Gasteiger partial charge is 0.335 e. The summed E-state index contributed by atoms with van der Waals surface area (Å²) in [5, 5.41) is 9.00. The highest BCUT2D eigenvalue weighted by Gasteiger charge is 2.12.